The zero-order valence-corrected chi connectivity index (χ0v) is 9.43. The van der Waals surface area contributed by atoms with E-state index in [1.807, 2.05) is 32.0 Å². The molecule has 0 aliphatic rings. The summed E-state index contributed by atoms with van der Waals surface area (Å²) in [5, 5.41) is 7.60. The van der Waals surface area contributed by atoms with Crippen molar-refractivity contribution in [1.82, 2.24) is 15.2 Å². The number of nitrogens with zero attached hydrogens (tertiary/aromatic N) is 2. The van der Waals surface area contributed by atoms with Crippen LogP contribution < -0.4 is 5.73 Å². The van der Waals surface area contributed by atoms with Crippen LogP contribution in [0.2, 0.25) is 0 Å². The van der Waals surface area contributed by atoms with Gasteiger partial charge >= 0.3 is 0 Å². The van der Waals surface area contributed by atoms with Gasteiger partial charge in [-0.2, -0.15) is 0 Å². The number of rotatable bonds is 2. The Labute approximate surface area is 92.3 Å². The van der Waals surface area contributed by atoms with Gasteiger partial charge in [-0.15, -0.1) is 5.10 Å². The van der Waals surface area contributed by atoms with Crippen molar-refractivity contribution in [2.45, 2.75) is 23.9 Å². The van der Waals surface area contributed by atoms with E-state index < -0.39 is 0 Å². The van der Waals surface area contributed by atoms with Gasteiger partial charge in [-0.05, 0) is 43.3 Å². The minimum Gasteiger partial charge on any atom is -0.399 e. The summed E-state index contributed by atoms with van der Waals surface area (Å²) in [6, 6.07) is 5.82. The van der Waals surface area contributed by atoms with Gasteiger partial charge in [0.1, 0.15) is 5.82 Å². The molecular formula is C10H12N4S. The van der Waals surface area contributed by atoms with Gasteiger partial charge in [-0.3, -0.25) is 5.10 Å². The van der Waals surface area contributed by atoms with Crippen LogP contribution in [0.4, 0.5) is 5.69 Å². The summed E-state index contributed by atoms with van der Waals surface area (Å²) in [5.41, 5.74) is 7.66. The third-order valence-electron chi connectivity index (χ3n) is 1.99. The summed E-state index contributed by atoms with van der Waals surface area (Å²) in [6.45, 7) is 3.92. The molecular weight excluding hydrogens is 208 g/mol. The predicted molar refractivity (Wildman–Crippen MR) is 60.8 cm³/mol. The van der Waals surface area contributed by atoms with E-state index in [1.54, 1.807) is 0 Å². The third kappa shape index (κ3) is 2.30. The van der Waals surface area contributed by atoms with Crippen molar-refractivity contribution in [3.8, 4) is 0 Å². The number of benzene rings is 1. The lowest BCUT2D eigenvalue weighted by Crippen LogP contribution is -1.87. The SMILES string of the molecule is Cc1nc(Sc2cc(N)ccc2C)n[nH]1. The van der Waals surface area contributed by atoms with Gasteiger partial charge in [0.15, 0.2) is 0 Å². The lowest BCUT2D eigenvalue weighted by atomic mass is 10.2. The van der Waals surface area contributed by atoms with Crippen LogP contribution in [-0.2, 0) is 0 Å². The molecule has 1 aromatic heterocycles. The third-order valence-corrected chi connectivity index (χ3v) is 3.02. The largest absolute Gasteiger partial charge is 0.399 e. The minimum atomic E-state index is 0.723. The van der Waals surface area contributed by atoms with Crippen LogP contribution in [0.1, 0.15) is 11.4 Å². The molecule has 0 amide bonds. The fourth-order valence-corrected chi connectivity index (χ4v) is 2.09. The highest BCUT2D eigenvalue weighted by Crippen LogP contribution is 2.28. The molecule has 0 saturated heterocycles. The van der Waals surface area contributed by atoms with Crippen molar-refractivity contribution in [2.75, 3.05) is 5.73 Å². The average molecular weight is 220 g/mol. The number of aromatic nitrogens is 3. The van der Waals surface area contributed by atoms with E-state index in [0.29, 0.717) is 0 Å². The molecule has 3 N–H and O–H groups in total. The molecule has 0 radical (unpaired) electrons. The number of nitrogens with two attached hydrogens (primary N) is 1. The highest BCUT2D eigenvalue weighted by Gasteiger charge is 2.05. The quantitative estimate of drug-likeness (QED) is 0.761. The molecule has 0 spiro atoms. The number of hydrogen-bond donors (Lipinski definition) is 2. The van der Waals surface area contributed by atoms with E-state index in [2.05, 4.69) is 15.2 Å². The first-order valence-corrected chi connectivity index (χ1v) is 5.40. The van der Waals surface area contributed by atoms with E-state index >= 15 is 0 Å². The van der Waals surface area contributed by atoms with Crippen molar-refractivity contribution in [3.05, 3.63) is 29.6 Å². The first-order chi connectivity index (χ1) is 7.15. The predicted octanol–water partition coefficient (Wildman–Crippen LogP) is 2.15. The van der Waals surface area contributed by atoms with Crippen LogP contribution in [0.3, 0.4) is 0 Å². The molecule has 4 nitrogen and oxygen atoms in total. The number of nitrogen functional groups attached to an aromatic ring is 1. The van der Waals surface area contributed by atoms with Gasteiger partial charge in [0.2, 0.25) is 5.16 Å². The second-order valence-electron chi connectivity index (χ2n) is 3.33. The second-order valence-corrected chi connectivity index (χ2v) is 4.34. The average Bonchev–Trinajstić information content (AvgIpc) is 2.58. The fraction of sp³-hybridized carbons (Fsp3) is 0.200. The summed E-state index contributed by atoms with van der Waals surface area (Å²) in [4.78, 5) is 5.32. The van der Waals surface area contributed by atoms with Gasteiger partial charge in [-0.25, -0.2) is 4.98 Å². The molecule has 0 aliphatic carbocycles. The van der Waals surface area contributed by atoms with E-state index in [4.69, 9.17) is 5.73 Å². The molecule has 1 heterocycles. The fourth-order valence-electron chi connectivity index (χ4n) is 1.19. The Balaban J connectivity index is 2.27. The van der Waals surface area contributed by atoms with Crippen molar-refractivity contribution >= 4 is 17.4 Å². The van der Waals surface area contributed by atoms with Gasteiger partial charge in [0, 0.05) is 10.6 Å². The van der Waals surface area contributed by atoms with Crippen LogP contribution in [0.25, 0.3) is 0 Å². The first kappa shape index (κ1) is 10.0. The van der Waals surface area contributed by atoms with Gasteiger partial charge in [0.25, 0.3) is 0 Å². The highest BCUT2D eigenvalue weighted by molar-refractivity contribution is 7.99. The number of hydrogen-bond acceptors (Lipinski definition) is 4. The monoisotopic (exact) mass is 220 g/mol. The van der Waals surface area contributed by atoms with Gasteiger partial charge in [0.05, 0.1) is 0 Å². The Kier molecular flexibility index (Phi) is 2.64. The molecule has 5 heteroatoms. The molecule has 0 saturated carbocycles. The first-order valence-electron chi connectivity index (χ1n) is 4.58. The number of aromatic amines is 1. The summed E-state index contributed by atoms with van der Waals surface area (Å²) in [5.74, 6) is 0.819. The van der Waals surface area contributed by atoms with Crippen LogP contribution >= 0.6 is 11.8 Å². The number of nitrogens with one attached hydrogen (secondary N) is 1. The molecule has 0 bridgehead atoms. The summed E-state index contributed by atoms with van der Waals surface area (Å²) < 4.78 is 0. The van der Waals surface area contributed by atoms with Crippen molar-refractivity contribution < 1.29 is 0 Å². The van der Waals surface area contributed by atoms with Crippen molar-refractivity contribution in [2.24, 2.45) is 0 Å². The maximum Gasteiger partial charge on any atom is 0.213 e. The lowest BCUT2D eigenvalue weighted by molar-refractivity contribution is 0.969. The van der Waals surface area contributed by atoms with E-state index in [1.165, 1.54) is 17.3 Å². The van der Waals surface area contributed by atoms with E-state index in [9.17, 15) is 0 Å². The molecule has 0 fully saturated rings. The Morgan fingerprint density at radius 2 is 2.13 bits per heavy atom. The molecule has 0 aliphatic heterocycles. The Morgan fingerprint density at radius 1 is 1.33 bits per heavy atom. The van der Waals surface area contributed by atoms with Crippen LogP contribution in [0, 0.1) is 13.8 Å². The standard InChI is InChI=1S/C10H12N4S/c1-6-3-4-8(11)5-9(6)15-10-12-7(2)13-14-10/h3-5H,11H2,1-2H3,(H,12,13,14). The zero-order chi connectivity index (χ0) is 10.8. The maximum atomic E-state index is 5.72. The number of anilines is 1. The zero-order valence-electron chi connectivity index (χ0n) is 8.61. The van der Waals surface area contributed by atoms with Gasteiger partial charge in [-0.1, -0.05) is 6.07 Å². The van der Waals surface area contributed by atoms with E-state index in [-0.39, 0.29) is 0 Å². The minimum absolute atomic E-state index is 0.723. The molecule has 0 atom stereocenters. The molecule has 2 rings (SSSR count). The van der Waals surface area contributed by atoms with Crippen LogP contribution in [0.5, 0.6) is 0 Å². The second kappa shape index (κ2) is 3.94. The van der Waals surface area contributed by atoms with Gasteiger partial charge < -0.3 is 5.73 Å². The van der Waals surface area contributed by atoms with Crippen LogP contribution in [-0.4, -0.2) is 15.2 Å². The lowest BCUT2D eigenvalue weighted by Gasteiger charge is -2.03. The molecule has 15 heavy (non-hydrogen) atoms. The summed E-state index contributed by atoms with van der Waals surface area (Å²) >= 11 is 1.52. The van der Waals surface area contributed by atoms with Crippen LogP contribution in [0.15, 0.2) is 28.3 Å². The Hall–Kier alpha value is -1.49. The summed E-state index contributed by atoms with van der Waals surface area (Å²) in [7, 11) is 0. The Bertz CT molecular complexity index is 478. The normalized spacial score (nSPS) is 10.5. The van der Waals surface area contributed by atoms with Crippen molar-refractivity contribution in [1.29, 1.82) is 0 Å². The molecule has 78 valence electrons. The smallest absolute Gasteiger partial charge is 0.213 e. The maximum absolute atomic E-state index is 5.72. The molecule has 2 aromatic rings. The number of H-pyrrole nitrogens is 1. The Morgan fingerprint density at radius 3 is 2.80 bits per heavy atom. The molecule has 1 aromatic carbocycles. The van der Waals surface area contributed by atoms with E-state index in [0.717, 1.165) is 21.6 Å². The van der Waals surface area contributed by atoms with Crippen molar-refractivity contribution in [3.63, 3.8) is 0 Å². The number of aryl methyl sites for hydroxylation is 2. The highest BCUT2D eigenvalue weighted by atomic mass is 32.2. The summed E-state index contributed by atoms with van der Waals surface area (Å²) in [6.07, 6.45) is 0. The topological polar surface area (TPSA) is 67.6 Å². The molecule has 0 unspecified atom stereocenters.